The number of hydrogen-bond donors (Lipinski definition) is 1. The average Bonchev–Trinajstić information content (AvgIpc) is 3.08. The van der Waals surface area contributed by atoms with Crippen LogP contribution in [0.25, 0.3) is 0 Å². The quantitative estimate of drug-likeness (QED) is 0.841. The minimum atomic E-state index is -0.770. The first kappa shape index (κ1) is 19.0. The van der Waals surface area contributed by atoms with Gasteiger partial charge in [-0.3, -0.25) is 9.59 Å². The molecular formula is C24H31NO4. The van der Waals surface area contributed by atoms with Gasteiger partial charge in [0.1, 0.15) is 5.75 Å². The van der Waals surface area contributed by atoms with E-state index in [4.69, 9.17) is 4.74 Å². The van der Waals surface area contributed by atoms with Crippen LogP contribution in [0.1, 0.15) is 51.0 Å². The maximum atomic E-state index is 13.8. The van der Waals surface area contributed by atoms with Crippen LogP contribution in [0.4, 0.5) is 0 Å². The van der Waals surface area contributed by atoms with Crippen molar-refractivity contribution in [3.8, 4) is 5.75 Å². The Hall–Kier alpha value is -2.04. The van der Waals surface area contributed by atoms with E-state index < -0.39 is 11.9 Å². The Morgan fingerprint density at radius 1 is 1.07 bits per heavy atom. The summed E-state index contributed by atoms with van der Waals surface area (Å²) in [5.74, 6) is 1.16. The number of carboxylic acids is 1. The normalized spacial score (nSPS) is 40.3. The number of ether oxygens (including phenoxy) is 1. The Balaban J connectivity index is 1.45. The summed E-state index contributed by atoms with van der Waals surface area (Å²) in [5, 5.41) is 9.50. The van der Waals surface area contributed by atoms with Gasteiger partial charge in [0.05, 0.1) is 18.4 Å². The lowest BCUT2D eigenvalue weighted by Gasteiger charge is -2.62. The molecule has 0 radical (unpaired) electrons. The molecule has 5 nitrogen and oxygen atoms in total. The van der Waals surface area contributed by atoms with E-state index in [1.54, 1.807) is 7.11 Å². The second-order valence-electron chi connectivity index (χ2n) is 10.4. The van der Waals surface area contributed by atoms with Crippen LogP contribution in [0.15, 0.2) is 24.3 Å². The number of amides is 1. The molecule has 6 rings (SSSR count). The van der Waals surface area contributed by atoms with E-state index in [9.17, 15) is 14.7 Å². The van der Waals surface area contributed by atoms with Gasteiger partial charge >= 0.3 is 5.97 Å². The average molecular weight is 398 g/mol. The molecule has 1 N–H and O–H groups in total. The molecule has 156 valence electrons. The molecule has 5 heteroatoms. The molecule has 1 aliphatic heterocycles. The first-order valence-corrected chi connectivity index (χ1v) is 11.0. The number of carbonyl (C=O) groups excluding carboxylic acids is 1. The summed E-state index contributed by atoms with van der Waals surface area (Å²) >= 11 is 0. The van der Waals surface area contributed by atoms with Crippen molar-refractivity contribution in [2.45, 2.75) is 50.9 Å². The van der Waals surface area contributed by atoms with Gasteiger partial charge < -0.3 is 14.7 Å². The molecule has 4 saturated carbocycles. The lowest BCUT2D eigenvalue weighted by atomic mass is 9.42. The van der Waals surface area contributed by atoms with Crippen LogP contribution in [0.5, 0.6) is 5.75 Å². The highest BCUT2D eigenvalue weighted by atomic mass is 16.5. The fourth-order valence-electron chi connectivity index (χ4n) is 7.58. The smallest absolute Gasteiger partial charge is 0.308 e. The highest BCUT2D eigenvalue weighted by Crippen LogP contribution is 2.66. The number of rotatable bonds is 4. The van der Waals surface area contributed by atoms with Crippen LogP contribution in [0, 0.1) is 29.1 Å². The van der Waals surface area contributed by atoms with E-state index >= 15 is 0 Å². The van der Waals surface area contributed by atoms with Gasteiger partial charge in [0.25, 0.3) is 0 Å². The highest BCUT2D eigenvalue weighted by Gasteiger charge is 2.62. The monoisotopic (exact) mass is 397 g/mol. The molecule has 5 fully saturated rings. The van der Waals surface area contributed by atoms with Crippen LogP contribution >= 0.6 is 0 Å². The third-order valence-electron chi connectivity index (χ3n) is 8.43. The zero-order valence-electron chi connectivity index (χ0n) is 17.4. The Labute approximate surface area is 172 Å². The van der Waals surface area contributed by atoms with Crippen LogP contribution in [0.2, 0.25) is 0 Å². The number of methoxy groups -OCH3 is 1. The zero-order chi connectivity index (χ0) is 20.4. The molecule has 1 aromatic rings. The first-order valence-electron chi connectivity index (χ1n) is 11.0. The first-order chi connectivity index (χ1) is 13.8. The standard InChI is InChI=1S/C24H31NO4/c1-15-12-25(13-20(15)21(26)27)22(28)24-10-16-7-17(11-24)9-23(8-16,14-24)18-3-5-19(29-2)6-4-18/h3-6,15-17,20H,7-14H2,1-2H3,(H,26,27)/t15-,16?,17?,20-,23?,24?/m1/s1. The largest absolute Gasteiger partial charge is 0.497 e. The SMILES string of the molecule is COc1ccc(C23CC4CC(CC(C(=O)N5C[C@@H](C)[C@H](C(=O)O)C5)(C4)C2)C3)cc1. The van der Waals surface area contributed by atoms with Crippen molar-refractivity contribution in [1.29, 1.82) is 0 Å². The fourth-order valence-corrected chi connectivity index (χ4v) is 7.58. The molecule has 0 spiro atoms. The summed E-state index contributed by atoms with van der Waals surface area (Å²) in [5.41, 5.74) is 1.14. The predicted octanol–water partition coefficient (Wildman–Crippen LogP) is 3.71. The van der Waals surface area contributed by atoms with E-state index in [-0.39, 0.29) is 22.7 Å². The summed E-state index contributed by atoms with van der Waals surface area (Å²) in [6.07, 6.45) is 6.51. The Bertz CT molecular complexity index is 818. The molecular weight excluding hydrogens is 366 g/mol. The molecule has 4 atom stereocenters. The number of carbonyl (C=O) groups is 2. The Kier molecular flexibility index (Phi) is 4.24. The number of hydrogen-bond acceptors (Lipinski definition) is 3. The number of likely N-dealkylation sites (tertiary alicyclic amines) is 1. The minimum Gasteiger partial charge on any atom is -0.497 e. The van der Waals surface area contributed by atoms with Crippen molar-refractivity contribution in [3.63, 3.8) is 0 Å². The Morgan fingerprint density at radius 2 is 1.72 bits per heavy atom. The maximum absolute atomic E-state index is 13.8. The van der Waals surface area contributed by atoms with E-state index in [0.717, 1.165) is 25.0 Å². The second kappa shape index (κ2) is 6.48. The van der Waals surface area contributed by atoms with Crippen LogP contribution in [0.3, 0.4) is 0 Å². The van der Waals surface area contributed by atoms with Crippen molar-refractivity contribution < 1.29 is 19.4 Å². The fraction of sp³-hybridized carbons (Fsp3) is 0.667. The number of nitrogens with zero attached hydrogens (tertiary/aromatic N) is 1. The third kappa shape index (κ3) is 2.88. The van der Waals surface area contributed by atoms with E-state index in [2.05, 4.69) is 12.1 Å². The van der Waals surface area contributed by atoms with Gasteiger partial charge in [0.15, 0.2) is 0 Å². The van der Waals surface area contributed by atoms with E-state index in [0.29, 0.717) is 24.9 Å². The summed E-state index contributed by atoms with van der Waals surface area (Å²) in [7, 11) is 1.69. The molecule has 1 saturated heterocycles. The minimum absolute atomic E-state index is 0.0286. The molecule has 4 bridgehead atoms. The number of benzene rings is 1. The third-order valence-corrected chi connectivity index (χ3v) is 8.43. The van der Waals surface area contributed by atoms with Crippen molar-refractivity contribution in [2.75, 3.05) is 20.2 Å². The van der Waals surface area contributed by atoms with Crippen molar-refractivity contribution in [2.24, 2.45) is 29.1 Å². The second-order valence-corrected chi connectivity index (χ2v) is 10.4. The number of carboxylic acid groups (broad SMARTS) is 1. The Morgan fingerprint density at radius 3 is 2.28 bits per heavy atom. The van der Waals surface area contributed by atoms with Crippen LogP contribution in [-0.2, 0) is 15.0 Å². The summed E-state index contributed by atoms with van der Waals surface area (Å²) in [6.45, 7) is 2.93. The van der Waals surface area contributed by atoms with Gasteiger partial charge in [-0.1, -0.05) is 19.1 Å². The zero-order valence-corrected chi connectivity index (χ0v) is 17.4. The van der Waals surface area contributed by atoms with Gasteiger partial charge in [-0.05, 0) is 79.4 Å². The van der Waals surface area contributed by atoms with Gasteiger partial charge in [-0.15, -0.1) is 0 Å². The van der Waals surface area contributed by atoms with Gasteiger partial charge in [0, 0.05) is 13.1 Å². The van der Waals surface area contributed by atoms with Gasteiger partial charge in [-0.2, -0.15) is 0 Å². The summed E-state index contributed by atoms with van der Waals surface area (Å²) < 4.78 is 5.34. The van der Waals surface area contributed by atoms with Crippen LogP contribution < -0.4 is 4.74 Å². The molecule has 4 aliphatic carbocycles. The lowest BCUT2D eigenvalue weighted by molar-refractivity contribution is -0.159. The summed E-state index contributed by atoms with van der Waals surface area (Å²) in [6, 6.07) is 8.48. The molecule has 29 heavy (non-hydrogen) atoms. The molecule has 0 aromatic heterocycles. The molecule has 5 aliphatic rings. The molecule has 2 unspecified atom stereocenters. The van der Waals surface area contributed by atoms with Crippen molar-refractivity contribution in [3.05, 3.63) is 29.8 Å². The highest BCUT2D eigenvalue weighted by molar-refractivity contribution is 5.85. The van der Waals surface area contributed by atoms with E-state index in [1.807, 2.05) is 24.0 Å². The summed E-state index contributed by atoms with van der Waals surface area (Å²) in [4.78, 5) is 27.3. The van der Waals surface area contributed by atoms with Crippen LogP contribution in [-0.4, -0.2) is 42.1 Å². The lowest BCUT2D eigenvalue weighted by Crippen LogP contribution is -2.59. The maximum Gasteiger partial charge on any atom is 0.308 e. The topological polar surface area (TPSA) is 66.8 Å². The predicted molar refractivity (Wildman–Crippen MR) is 109 cm³/mol. The number of aliphatic carboxylic acids is 1. The molecule has 1 aromatic carbocycles. The van der Waals surface area contributed by atoms with Crippen molar-refractivity contribution in [1.82, 2.24) is 4.90 Å². The van der Waals surface area contributed by atoms with Crippen molar-refractivity contribution >= 4 is 11.9 Å². The van der Waals surface area contributed by atoms with Gasteiger partial charge in [0.2, 0.25) is 5.91 Å². The molecule has 1 heterocycles. The molecule has 1 amide bonds. The van der Waals surface area contributed by atoms with E-state index in [1.165, 1.54) is 24.8 Å². The van der Waals surface area contributed by atoms with Gasteiger partial charge in [-0.25, -0.2) is 0 Å².